The molecule has 16 heavy (non-hydrogen) atoms. The van der Waals surface area contributed by atoms with Crippen LogP contribution in [0.1, 0.15) is 39.5 Å². The van der Waals surface area contributed by atoms with Crippen LogP contribution < -0.4 is 15.3 Å². The highest BCUT2D eigenvalue weighted by atomic mass is 28.3. The summed E-state index contributed by atoms with van der Waals surface area (Å²) in [5.74, 6) is 0. The molecule has 98 valence electrons. The summed E-state index contributed by atoms with van der Waals surface area (Å²) in [6, 6.07) is 0. The summed E-state index contributed by atoms with van der Waals surface area (Å²) < 4.78 is 5.83. The summed E-state index contributed by atoms with van der Waals surface area (Å²) >= 11 is 0. The van der Waals surface area contributed by atoms with Crippen LogP contribution >= 0.6 is 0 Å². The van der Waals surface area contributed by atoms with Crippen LogP contribution in [-0.4, -0.2) is 42.7 Å². The second-order valence-electron chi connectivity index (χ2n) is 3.97. The molecule has 0 aliphatic heterocycles. The van der Waals surface area contributed by atoms with E-state index in [0.29, 0.717) is 0 Å². The van der Waals surface area contributed by atoms with E-state index in [1.165, 1.54) is 25.7 Å². The number of hydrogen-bond acceptors (Lipinski definition) is 4. The molecule has 0 rings (SSSR count). The lowest BCUT2D eigenvalue weighted by Gasteiger charge is -2.18. The first-order valence-electron chi connectivity index (χ1n) is 6.58. The molecule has 0 aromatic rings. The minimum atomic E-state index is -1.37. The predicted molar refractivity (Wildman–Crippen MR) is 72.8 cm³/mol. The van der Waals surface area contributed by atoms with Gasteiger partial charge in [-0.1, -0.05) is 26.7 Å². The third-order valence-corrected chi connectivity index (χ3v) is 4.24. The van der Waals surface area contributed by atoms with Gasteiger partial charge in [0.25, 0.3) is 0 Å². The lowest BCUT2D eigenvalue weighted by Crippen LogP contribution is -2.51. The fraction of sp³-hybridized carbons (Fsp3) is 1.00. The predicted octanol–water partition coefficient (Wildman–Crippen LogP) is 0.719. The van der Waals surface area contributed by atoms with Gasteiger partial charge >= 0.3 is 9.36 Å². The number of rotatable bonds is 12. The van der Waals surface area contributed by atoms with Gasteiger partial charge < -0.3 is 19.7 Å². The fourth-order valence-corrected chi connectivity index (χ4v) is 2.95. The van der Waals surface area contributed by atoms with E-state index in [1.54, 1.807) is 0 Å². The van der Waals surface area contributed by atoms with E-state index in [1.807, 2.05) is 7.05 Å². The van der Waals surface area contributed by atoms with Gasteiger partial charge in [0.2, 0.25) is 0 Å². The van der Waals surface area contributed by atoms with E-state index < -0.39 is 9.36 Å². The van der Waals surface area contributed by atoms with Gasteiger partial charge in [0.05, 0.1) is 0 Å². The van der Waals surface area contributed by atoms with E-state index in [2.05, 4.69) is 29.1 Å². The van der Waals surface area contributed by atoms with Crippen molar-refractivity contribution in [1.82, 2.24) is 15.3 Å². The zero-order chi connectivity index (χ0) is 12.1. The Balaban J connectivity index is 3.58. The average molecular weight is 247 g/mol. The summed E-state index contributed by atoms with van der Waals surface area (Å²) in [4.78, 5) is 7.03. The van der Waals surface area contributed by atoms with Crippen LogP contribution in [-0.2, 0) is 4.43 Å². The molecule has 5 heteroatoms. The minimum absolute atomic E-state index is 0.797. The number of likely N-dealkylation sites (N-methyl/N-ethyl adjacent to an activating group) is 1. The van der Waals surface area contributed by atoms with Crippen molar-refractivity contribution in [1.29, 1.82) is 0 Å². The zero-order valence-corrected chi connectivity index (χ0v) is 12.3. The largest absolute Gasteiger partial charge is 0.393 e. The quantitative estimate of drug-likeness (QED) is 0.351. The van der Waals surface area contributed by atoms with Gasteiger partial charge in [-0.2, -0.15) is 0 Å². The van der Waals surface area contributed by atoms with Crippen molar-refractivity contribution < 1.29 is 4.43 Å². The molecule has 0 saturated carbocycles. The van der Waals surface area contributed by atoms with Gasteiger partial charge in [0.1, 0.15) is 0 Å². The second-order valence-corrected chi connectivity index (χ2v) is 5.88. The summed E-state index contributed by atoms with van der Waals surface area (Å²) in [5, 5.41) is 3.10. The van der Waals surface area contributed by atoms with Crippen molar-refractivity contribution >= 4 is 9.36 Å². The SMILES string of the molecule is CCCCN[SiH](NCCCC)OCCNC. The Bertz CT molecular complexity index is 115. The zero-order valence-electron chi connectivity index (χ0n) is 11.1. The van der Waals surface area contributed by atoms with Crippen molar-refractivity contribution in [3.05, 3.63) is 0 Å². The molecule has 3 N–H and O–H groups in total. The summed E-state index contributed by atoms with van der Waals surface area (Å²) in [6.45, 7) is 8.30. The Labute approximate surface area is 102 Å². The van der Waals surface area contributed by atoms with Crippen molar-refractivity contribution in [2.45, 2.75) is 39.5 Å². The molecule has 0 saturated heterocycles. The molecule has 0 amide bonds. The lowest BCUT2D eigenvalue weighted by molar-refractivity contribution is 0.302. The normalized spacial score (nSPS) is 11.2. The molecule has 0 bridgehead atoms. The lowest BCUT2D eigenvalue weighted by atomic mass is 10.3. The molecule has 0 aliphatic carbocycles. The Morgan fingerprint density at radius 1 is 0.938 bits per heavy atom. The summed E-state index contributed by atoms with van der Waals surface area (Å²) in [5.41, 5.74) is 0. The number of unbranched alkanes of at least 4 members (excludes halogenated alkanes) is 2. The van der Waals surface area contributed by atoms with Gasteiger partial charge in [-0.25, -0.2) is 0 Å². The van der Waals surface area contributed by atoms with Crippen LogP contribution in [0.15, 0.2) is 0 Å². The average Bonchev–Trinajstić information content (AvgIpc) is 2.29. The molecule has 4 nitrogen and oxygen atoms in total. The summed E-state index contributed by atoms with van der Waals surface area (Å²) in [6.07, 6.45) is 4.93. The second kappa shape index (κ2) is 13.1. The van der Waals surface area contributed by atoms with Gasteiger partial charge in [-0.3, -0.25) is 0 Å². The van der Waals surface area contributed by atoms with E-state index >= 15 is 0 Å². The third kappa shape index (κ3) is 10.6. The Morgan fingerprint density at radius 3 is 1.94 bits per heavy atom. The highest BCUT2D eigenvalue weighted by molar-refractivity contribution is 6.45. The molecule has 0 heterocycles. The molecule has 0 unspecified atom stereocenters. The van der Waals surface area contributed by atoms with Crippen LogP contribution in [0.25, 0.3) is 0 Å². The van der Waals surface area contributed by atoms with Crippen molar-refractivity contribution in [2.24, 2.45) is 0 Å². The van der Waals surface area contributed by atoms with Crippen molar-refractivity contribution in [3.8, 4) is 0 Å². The Hall–Kier alpha value is 0.0569. The summed E-state index contributed by atoms with van der Waals surface area (Å²) in [7, 11) is 0.585. The van der Waals surface area contributed by atoms with E-state index in [9.17, 15) is 0 Å². The third-order valence-electron chi connectivity index (χ3n) is 2.36. The Kier molecular flexibility index (Phi) is 13.2. The van der Waals surface area contributed by atoms with Gasteiger partial charge in [0.15, 0.2) is 0 Å². The van der Waals surface area contributed by atoms with Crippen LogP contribution in [0.3, 0.4) is 0 Å². The monoisotopic (exact) mass is 247 g/mol. The standard InChI is InChI=1S/C11H29N3OSi/c1-4-6-8-13-16(14-9-7-5-2)15-11-10-12-3/h12-14,16H,4-11H2,1-3H3. The molecule has 0 fully saturated rings. The highest BCUT2D eigenvalue weighted by Gasteiger charge is 2.09. The molecular formula is C11H29N3OSi. The van der Waals surface area contributed by atoms with E-state index in [4.69, 9.17) is 4.43 Å². The van der Waals surface area contributed by atoms with E-state index in [-0.39, 0.29) is 0 Å². The van der Waals surface area contributed by atoms with E-state index in [0.717, 1.165) is 26.2 Å². The minimum Gasteiger partial charge on any atom is -0.393 e. The molecule has 0 aliphatic rings. The topological polar surface area (TPSA) is 45.3 Å². The van der Waals surface area contributed by atoms with Crippen molar-refractivity contribution in [2.75, 3.05) is 33.3 Å². The van der Waals surface area contributed by atoms with Gasteiger partial charge in [0, 0.05) is 13.2 Å². The molecule has 0 aromatic heterocycles. The molecule has 0 spiro atoms. The van der Waals surface area contributed by atoms with Crippen LogP contribution in [0.2, 0.25) is 0 Å². The first-order valence-corrected chi connectivity index (χ1v) is 8.20. The molecule has 0 aromatic carbocycles. The van der Waals surface area contributed by atoms with Gasteiger partial charge in [-0.05, 0) is 33.0 Å². The maximum atomic E-state index is 5.83. The molecular weight excluding hydrogens is 218 g/mol. The first kappa shape index (κ1) is 16.1. The number of nitrogens with one attached hydrogen (secondary N) is 3. The number of hydrogen-bond donors (Lipinski definition) is 3. The molecule has 0 atom stereocenters. The Morgan fingerprint density at radius 2 is 1.50 bits per heavy atom. The van der Waals surface area contributed by atoms with Crippen molar-refractivity contribution in [3.63, 3.8) is 0 Å². The highest BCUT2D eigenvalue weighted by Crippen LogP contribution is 1.87. The maximum absolute atomic E-state index is 5.83. The van der Waals surface area contributed by atoms with Gasteiger partial charge in [-0.15, -0.1) is 0 Å². The smallest absolute Gasteiger partial charge is 0.335 e. The van der Waals surface area contributed by atoms with Crippen LogP contribution in [0.4, 0.5) is 0 Å². The van der Waals surface area contributed by atoms with Crippen LogP contribution in [0.5, 0.6) is 0 Å². The maximum Gasteiger partial charge on any atom is 0.335 e. The first-order chi connectivity index (χ1) is 7.85. The van der Waals surface area contributed by atoms with Crippen LogP contribution in [0, 0.1) is 0 Å². The molecule has 0 radical (unpaired) electrons. The fourth-order valence-electron chi connectivity index (χ4n) is 1.29.